The van der Waals surface area contributed by atoms with Gasteiger partial charge in [-0.1, -0.05) is 23.9 Å². The van der Waals surface area contributed by atoms with Gasteiger partial charge in [0.25, 0.3) is 0 Å². The van der Waals surface area contributed by atoms with Crippen LogP contribution >= 0.6 is 11.8 Å². The lowest BCUT2D eigenvalue weighted by atomic mass is 9.96. The Balaban J connectivity index is 2.19. The van der Waals surface area contributed by atoms with Gasteiger partial charge in [-0.3, -0.25) is 10.1 Å². The number of anilines is 1. The largest absolute Gasteiger partial charge is 0.370 e. The van der Waals surface area contributed by atoms with E-state index in [-0.39, 0.29) is 11.8 Å². The number of carbonyl (C=O) groups excluding carboxylic acids is 1. The molecule has 0 atom stereocenters. The van der Waals surface area contributed by atoms with Crippen molar-refractivity contribution in [3.8, 4) is 6.19 Å². The zero-order chi connectivity index (χ0) is 15.9. The van der Waals surface area contributed by atoms with Crippen molar-refractivity contribution in [1.82, 2.24) is 5.32 Å². The maximum atomic E-state index is 11.3. The van der Waals surface area contributed by atoms with Crippen LogP contribution in [0.1, 0.15) is 12.8 Å². The minimum Gasteiger partial charge on any atom is -0.370 e. The minimum atomic E-state index is -0.214. The molecule has 0 aromatic heterocycles. The zero-order valence-electron chi connectivity index (χ0n) is 12.5. The van der Waals surface area contributed by atoms with Gasteiger partial charge in [-0.05, 0) is 31.2 Å². The molecule has 0 saturated carbocycles. The number of carbonyl (C=O) groups is 1. The SMILES string of the molecule is CSC(=Nc1ccccc1N1CCC(C(N)=O)CC1)NC#N. The van der Waals surface area contributed by atoms with Gasteiger partial charge in [0.1, 0.15) is 0 Å². The Labute approximate surface area is 134 Å². The van der Waals surface area contributed by atoms with Gasteiger partial charge in [0, 0.05) is 19.0 Å². The van der Waals surface area contributed by atoms with E-state index in [1.165, 1.54) is 11.8 Å². The summed E-state index contributed by atoms with van der Waals surface area (Å²) in [5, 5.41) is 11.9. The zero-order valence-corrected chi connectivity index (χ0v) is 13.3. The molecule has 7 heteroatoms. The van der Waals surface area contributed by atoms with Gasteiger partial charge in [0.15, 0.2) is 11.4 Å². The topological polar surface area (TPSA) is 94.5 Å². The number of rotatable bonds is 3. The van der Waals surface area contributed by atoms with Gasteiger partial charge in [0.2, 0.25) is 5.91 Å². The molecule has 22 heavy (non-hydrogen) atoms. The summed E-state index contributed by atoms with van der Waals surface area (Å²) in [6.45, 7) is 1.56. The van der Waals surface area contributed by atoms with E-state index < -0.39 is 0 Å². The Hall–Kier alpha value is -2.20. The summed E-state index contributed by atoms with van der Waals surface area (Å²) in [5.74, 6) is -0.247. The van der Waals surface area contributed by atoms with Crippen molar-refractivity contribution in [2.75, 3.05) is 24.2 Å². The molecule has 1 aromatic carbocycles. The third kappa shape index (κ3) is 3.92. The highest BCUT2D eigenvalue weighted by Crippen LogP contribution is 2.32. The van der Waals surface area contributed by atoms with Crippen molar-refractivity contribution in [2.24, 2.45) is 16.6 Å². The number of nitrogens with zero attached hydrogens (tertiary/aromatic N) is 3. The summed E-state index contributed by atoms with van der Waals surface area (Å²) >= 11 is 1.39. The van der Waals surface area contributed by atoms with E-state index in [0.717, 1.165) is 37.3 Å². The average Bonchev–Trinajstić information content (AvgIpc) is 2.55. The molecule has 0 aliphatic carbocycles. The molecular weight excluding hydrogens is 298 g/mol. The number of nitrogens with one attached hydrogen (secondary N) is 1. The van der Waals surface area contributed by atoms with Crippen molar-refractivity contribution >= 4 is 34.2 Å². The highest BCUT2D eigenvalue weighted by molar-refractivity contribution is 8.13. The summed E-state index contributed by atoms with van der Waals surface area (Å²) in [5.41, 5.74) is 7.20. The number of thioether (sulfide) groups is 1. The number of nitrogens with two attached hydrogens (primary N) is 1. The van der Waals surface area contributed by atoms with E-state index in [9.17, 15) is 4.79 Å². The van der Waals surface area contributed by atoms with Gasteiger partial charge in [-0.15, -0.1) is 0 Å². The van der Waals surface area contributed by atoms with Crippen LogP contribution in [0.2, 0.25) is 0 Å². The Morgan fingerprint density at radius 2 is 2.14 bits per heavy atom. The number of nitriles is 1. The smallest absolute Gasteiger partial charge is 0.220 e. The van der Waals surface area contributed by atoms with Gasteiger partial charge in [0.05, 0.1) is 11.4 Å². The molecule has 0 bridgehead atoms. The first-order valence-corrected chi connectivity index (χ1v) is 8.29. The maximum Gasteiger partial charge on any atom is 0.220 e. The summed E-state index contributed by atoms with van der Waals surface area (Å²) in [4.78, 5) is 18.0. The first kappa shape index (κ1) is 16.2. The van der Waals surface area contributed by atoms with E-state index in [2.05, 4.69) is 15.2 Å². The number of aliphatic imine (C=N–C) groups is 1. The second kappa shape index (κ2) is 7.71. The number of piperidine rings is 1. The summed E-state index contributed by atoms with van der Waals surface area (Å²) in [6.07, 6.45) is 5.28. The summed E-state index contributed by atoms with van der Waals surface area (Å²) in [7, 11) is 0. The van der Waals surface area contributed by atoms with E-state index in [1.807, 2.05) is 36.7 Å². The Kier molecular flexibility index (Phi) is 5.67. The third-order valence-corrected chi connectivity index (χ3v) is 4.28. The van der Waals surface area contributed by atoms with Crippen molar-refractivity contribution in [3.63, 3.8) is 0 Å². The van der Waals surface area contributed by atoms with Crippen LogP contribution in [-0.2, 0) is 4.79 Å². The highest BCUT2D eigenvalue weighted by atomic mass is 32.2. The standard InChI is InChI=1S/C15H19N5OS/c1-22-15(18-10-16)19-12-4-2-3-5-13(12)20-8-6-11(7-9-20)14(17)21/h2-5,11H,6-9H2,1H3,(H2,17,21)(H,18,19). The maximum absolute atomic E-state index is 11.3. The van der Waals surface area contributed by atoms with Crippen LogP contribution in [0, 0.1) is 17.4 Å². The predicted molar refractivity (Wildman–Crippen MR) is 89.9 cm³/mol. The third-order valence-electron chi connectivity index (χ3n) is 3.70. The molecule has 2 rings (SSSR count). The fourth-order valence-corrected chi connectivity index (χ4v) is 2.85. The first-order valence-electron chi connectivity index (χ1n) is 7.06. The van der Waals surface area contributed by atoms with Crippen LogP contribution in [0.25, 0.3) is 0 Å². The molecule has 1 aromatic rings. The molecule has 1 saturated heterocycles. The molecule has 3 N–H and O–H groups in total. The summed E-state index contributed by atoms with van der Waals surface area (Å²) < 4.78 is 0. The fraction of sp³-hybridized carbons (Fsp3) is 0.400. The lowest BCUT2D eigenvalue weighted by Gasteiger charge is -2.33. The van der Waals surface area contributed by atoms with Crippen molar-refractivity contribution in [2.45, 2.75) is 12.8 Å². The van der Waals surface area contributed by atoms with Crippen LogP contribution in [0.4, 0.5) is 11.4 Å². The van der Waals surface area contributed by atoms with E-state index in [1.54, 1.807) is 0 Å². The minimum absolute atomic E-state index is 0.0334. The van der Waals surface area contributed by atoms with Gasteiger partial charge in [-0.2, -0.15) is 5.26 Å². The number of amidine groups is 1. The monoisotopic (exact) mass is 317 g/mol. The molecule has 116 valence electrons. The van der Waals surface area contributed by atoms with Crippen LogP contribution in [0.5, 0.6) is 0 Å². The lowest BCUT2D eigenvalue weighted by Crippen LogP contribution is -2.38. The molecule has 0 spiro atoms. The van der Waals surface area contributed by atoms with Crippen LogP contribution in [0.3, 0.4) is 0 Å². The number of primary amides is 1. The van der Waals surface area contributed by atoms with Crippen molar-refractivity contribution in [1.29, 1.82) is 5.26 Å². The molecule has 0 unspecified atom stereocenters. The van der Waals surface area contributed by atoms with E-state index in [0.29, 0.717) is 5.17 Å². The predicted octanol–water partition coefficient (Wildman–Crippen LogP) is 1.81. The van der Waals surface area contributed by atoms with Crippen molar-refractivity contribution in [3.05, 3.63) is 24.3 Å². The molecule has 1 aliphatic heterocycles. The Morgan fingerprint density at radius 1 is 1.45 bits per heavy atom. The molecule has 1 heterocycles. The van der Waals surface area contributed by atoms with Crippen molar-refractivity contribution < 1.29 is 4.79 Å². The number of benzene rings is 1. The van der Waals surface area contributed by atoms with Gasteiger partial charge >= 0.3 is 0 Å². The van der Waals surface area contributed by atoms with Gasteiger partial charge < -0.3 is 10.6 Å². The number of amides is 1. The normalized spacial score (nSPS) is 16.2. The molecule has 1 aliphatic rings. The van der Waals surface area contributed by atoms with Crippen LogP contribution < -0.4 is 16.0 Å². The second-order valence-corrected chi connectivity index (χ2v) is 5.81. The van der Waals surface area contributed by atoms with E-state index in [4.69, 9.17) is 11.0 Å². The van der Waals surface area contributed by atoms with Crippen LogP contribution in [0.15, 0.2) is 29.3 Å². The first-order chi connectivity index (χ1) is 10.7. The van der Waals surface area contributed by atoms with Gasteiger partial charge in [-0.25, -0.2) is 4.99 Å². The Morgan fingerprint density at radius 3 is 2.73 bits per heavy atom. The lowest BCUT2D eigenvalue weighted by molar-refractivity contribution is -0.122. The average molecular weight is 317 g/mol. The number of hydrogen-bond acceptors (Lipinski definition) is 5. The Bertz CT molecular complexity index is 602. The van der Waals surface area contributed by atoms with E-state index >= 15 is 0 Å². The molecule has 6 nitrogen and oxygen atoms in total. The number of para-hydroxylation sites is 2. The summed E-state index contributed by atoms with van der Waals surface area (Å²) in [6, 6.07) is 7.81. The highest BCUT2D eigenvalue weighted by Gasteiger charge is 2.24. The molecule has 1 fully saturated rings. The molecule has 0 radical (unpaired) electrons. The quantitative estimate of drug-likeness (QED) is 0.384. The molecule has 1 amide bonds. The second-order valence-electron chi connectivity index (χ2n) is 5.01. The fourth-order valence-electron chi connectivity index (χ4n) is 2.51. The molecular formula is C15H19N5OS. The number of hydrogen-bond donors (Lipinski definition) is 2. The van der Waals surface area contributed by atoms with Crippen LogP contribution in [-0.4, -0.2) is 30.4 Å².